The predicted molar refractivity (Wildman–Crippen MR) is 70.4 cm³/mol. The summed E-state index contributed by atoms with van der Waals surface area (Å²) in [5.74, 6) is -4.96. The third kappa shape index (κ3) is 2.16. The van der Waals surface area contributed by atoms with E-state index in [2.05, 4.69) is 0 Å². The van der Waals surface area contributed by atoms with Gasteiger partial charge in [-0.15, -0.1) is 0 Å². The lowest BCUT2D eigenvalue weighted by atomic mass is 9.91. The monoisotopic (exact) mass is 311 g/mol. The summed E-state index contributed by atoms with van der Waals surface area (Å²) in [6.45, 7) is -0.434. The van der Waals surface area contributed by atoms with Crippen LogP contribution in [0.3, 0.4) is 0 Å². The van der Waals surface area contributed by atoms with Gasteiger partial charge in [0.2, 0.25) is 0 Å². The Kier molecular flexibility index (Phi) is 3.40. The van der Waals surface area contributed by atoms with Crippen LogP contribution in [-0.2, 0) is 20.9 Å². The van der Waals surface area contributed by atoms with Gasteiger partial charge in [0.05, 0.1) is 5.92 Å². The van der Waals surface area contributed by atoms with Gasteiger partial charge in [0, 0.05) is 11.5 Å². The molecule has 0 radical (unpaired) electrons. The van der Waals surface area contributed by atoms with Crippen LogP contribution >= 0.6 is 0 Å². The van der Waals surface area contributed by atoms with Gasteiger partial charge in [-0.2, -0.15) is 0 Å². The van der Waals surface area contributed by atoms with Gasteiger partial charge in [-0.25, -0.2) is 8.78 Å². The first-order valence-electron chi connectivity index (χ1n) is 6.98. The number of nitrogens with two attached hydrogens (primary N) is 1. The van der Waals surface area contributed by atoms with Gasteiger partial charge in [-0.3, -0.25) is 9.59 Å². The molecule has 4 atom stereocenters. The predicted octanol–water partition coefficient (Wildman–Crippen LogP) is 1.45. The molecule has 2 saturated carbocycles. The quantitative estimate of drug-likeness (QED) is 0.821. The van der Waals surface area contributed by atoms with Gasteiger partial charge in [0.1, 0.15) is 12.1 Å². The summed E-state index contributed by atoms with van der Waals surface area (Å²) in [5.41, 5.74) is 4.61. The first-order valence-corrected chi connectivity index (χ1v) is 6.98. The number of carboxylic acids is 1. The van der Waals surface area contributed by atoms with Crippen LogP contribution in [0, 0.1) is 29.4 Å². The molecule has 0 amide bonds. The number of halogens is 2. The zero-order chi connectivity index (χ0) is 16.1. The average molecular weight is 311 g/mol. The molecule has 2 aliphatic rings. The van der Waals surface area contributed by atoms with Crippen LogP contribution in [0.4, 0.5) is 8.78 Å². The molecule has 1 aromatic carbocycles. The number of fused-ring (bicyclic) bond motifs is 1. The second kappa shape index (κ2) is 5.01. The fraction of sp³-hybridized carbons (Fsp3) is 0.467. The molecule has 1 aromatic rings. The Hall–Kier alpha value is -2.02. The third-order valence-corrected chi connectivity index (χ3v) is 4.71. The van der Waals surface area contributed by atoms with Crippen LogP contribution in [0.5, 0.6) is 0 Å². The highest BCUT2D eigenvalue weighted by atomic mass is 19.2. The van der Waals surface area contributed by atoms with Gasteiger partial charge < -0.3 is 15.6 Å². The highest BCUT2D eigenvalue weighted by molar-refractivity contribution is 5.86. The molecule has 22 heavy (non-hydrogen) atoms. The molecule has 0 aliphatic heterocycles. The second-order valence-corrected chi connectivity index (χ2v) is 5.92. The fourth-order valence-electron chi connectivity index (χ4n) is 3.52. The summed E-state index contributed by atoms with van der Waals surface area (Å²) in [5, 5.41) is 9.05. The molecule has 3 N–H and O–H groups in total. The maximum atomic E-state index is 13.5. The zero-order valence-electron chi connectivity index (χ0n) is 11.6. The maximum absolute atomic E-state index is 13.5. The molecule has 0 aromatic heterocycles. The minimum atomic E-state index is -1.35. The smallest absolute Gasteiger partial charge is 0.326 e. The highest BCUT2D eigenvalue weighted by Crippen LogP contribution is 2.61. The average Bonchev–Trinajstić information content (AvgIpc) is 3.12. The molecule has 7 heteroatoms. The van der Waals surface area contributed by atoms with E-state index in [4.69, 9.17) is 15.6 Å². The summed E-state index contributed by atoms with van der Waals surface area (Å²) < 4.78 is 31.6. The van der Waals surface area contributed by atoms with Crippen molar-refractivity contribution in [3.05, 3.63) is 35.4 Å². The minimum absolute atomic E-state index is 0.0860. The summed E-state index contributed by atoms with van der Waals surface area (Å²) in [6, 6.07) is 3.59. The van der Waals surface area contributed by atoms with Crippen LogP contribution in [-0.4, -0.2) is 22.6 Å². The van der Waals surface area contributed by atoms with Gasteiger partial charge in [0.15, 0.2) is 11.6 Å². The van der Waals surface area contributed by atoms with Crippen molar-refractivity contribution >= 4 is 11.9 Å². The first kappa shape index (κ1) is 14.9. The summed E-state index contributed by atoms with van der Waals surface area (Å²) in [6.07, 6.45) is 0.901. The Morgan fingerprint density at radius 1 is 1.41 bits per heavy atom. The topological polar surface area (TPSA) is 89.6 Å². The molecule has 2 fully saturated rings. The van der Waals surface area contributed by atoms with Gasteiger partial charge in [-0.05, 0) is 24.8 Å². The summed E-state index contributed by atoms with van der Waals surface area (Å²) >= 11 is 0. The number of aliphatic carboxylic acids is 1. The largest absolute Gasteiger partial charge is 0.481 e. The fourth-order valence-corrected chi connectivity index (χ4v) is 3.52. The van der Waals surface area contributed by atoms with Gasteiger partial charge in [-0.1, -0.05) is 12.1 Å². The molecule has 4 unspecified atom stereocenters. The van der Waals surface area contributed by atoms with E-state index in [0.717, 1.165) is 6.07 Å². The van der Waals surface area contributed by atoms with E-state index in [1.807, 2.05) is 0 Å². The van der Waals surface area contributed by atoms with Crippen LogP contribution in [0.1, 0.15) is 18.4 Å². The molecular formula is C15H15F2NO4. The van der Waals surface area contributed by atoms with E-state index in [0.29, 0.717) is 12.8 Å². The van der Waals surface area contributed by atoms with E-state index >= 15 is 0 Å². The number of rotatable bonds is 4. The van der Waals surface area contributed by atoms with E-state index < -0.39 is 47.6 Å². The van der Waals surface area contributed by atoms with Crippen molar-refractivity contribution in [1.82, 2.24) is 0 Å². The van der Waals surface area contributed by atoms with Gasteiger partial charge >= 0.3 is 11.9 Å². The number of carbonyl (C=O) groups is 2. The first-order chi connectivity index (χ1) is 10.4. The lowest BCUT2D eigenvalue weighted by Gasteiger charge is -2.24. The number of esters is 1. The number of benzene rings is 1. The second-order valence-electron chi connectivity index (χ2n) is 5.92. The Labute approximate surface area is 125 Å². The number of carbonyl (C=O) groups excluding carboxylic acids is 1. The molecule has 0 bridgehead atoms. The molecular weight excluding hydrogens is 296 g/mol. The Bertz CT molecular complexity index is 650. The van der Waals surface area contributed by atoms with Crippen molar-refractivity contribution in [1.29, 1.82) is 0 Å². The number of carboxylic acid groups (broad SMARTS) is 1. The van der Waals surface area contributed by atoms with Crippen molar-refractivity contribution in [2.45, 2.75) is 25.0 Å². The number of hydrogen-bond acceptors (Lipinski definition) is 4. The van der Waals surface area contributed by atoms with Crippen molar-refractivity contribution in [2.75, 3.05) is 0 Å². The maximum Gasteiger partial charge on any atom is 0.326 e. The van der Waals surface area contributed by atoms with Crippen molar-refractivity contribution in [3.63, 3.8) is 0 Å². The van der Waals surface area contributed by atoms with Crippen LogP contribution in [0.2, 0.25) is 0 Å². The zero-order valence-corrected chi connectivity index (χ0v) is 11.6. The molecule has 2 aliphatic carbocycles. The molecule has 118 valence electrons. The lowest BCUT2D eigenvalue weighted by Crippen LogP contribution is -2.50. The third-order valence-electron chi connectivity index (χ3n) is 4.71. The SMILES string of the molecule is NC1(C(=O)OCc2cccc(F)c2F)CCC2C(C(=O)O)C21. The van der Waals surface area contributed by atoms with Crippen LogP contribution < -0.4 is 5.73 Å². The molecule has 0 saturated heterocycles. The number of ether oxygens (including phenoxy) is 1. The Balaban J connectivity index is 1.68. The van der Waals surface area contributed by atoms with Crippen molar-refractivity contribution < 1.29 is 28.2 Å². The molecule has 5 nitrogen and oxygen atoms in total. The standard InChI is InChI=1S/C15H15F2NO4/c16-9-3-1-2-7(12(9)17)6-22-14(21)15(18)5-4-8-10(11(8)15)13(19)20/h1-3,8,10-11H,4-6,18H2,(H,19,20). The van der Waals surface area contributed by atoms with Crippen LogP contribution in [0.15, 0.2) is 18.2 Å². The molecule has 3 rings (SSSR count). The summed E-state index contributed by atoms with van der Waals surface area (Å²) in [4.78, 5) is 23.2. The van der Waals surface area contributed by atoms with E-state index in [1.54, 1.807) is 0 Å². The Morgan fingerprint density at radius 3 is 2.77 bits per heavy atom. The van der Waals surface area contributed by atoms with Gasteiger partial charge in [0.25, 0.3) is 0 Å². The van der Waals surface area contributed by atoms with Crippen LogP contribution in [0.25, 0.3) is 0 Å². The van der Waals surface area contributed by atoms with E-state index in [9.17, 15) is 18.4 Å². The highest BCUT2D eigenvalue weighted by Gasteiger charge is 2.70. The number of hydrogen-bond donors (Lipinski definition) is 2. The van der Waals surface area contributed by atoms with E-state index in [-0.39, 0.29) is 11.5 Å². The minimum Gasteiger partial charge on any atom is -0.481 e. The van der Waals surface area contributed by atoms with Crippen molar-refractivity contribution in [3.8, 4) is 0 Å². The Morgan fingerprint density at radius 2 is 2.14 bits per heavy atom. The van der Waals surface area contributed by atoms with E-state index in [1.165, 1.54) is 12.1 Å². The molecule has 0 spiro atoms. The normalized spacial score (nSPS) is 32.4. The summed E-state index contributed by atoms with van der Waals surface area (Å²) in [7, 11) is 0. The van der Waals surface area contributed by atoms with Crippen molar-refractivity contribution in [2.24, 2.45) is 23.5 Å². The lowest BCUT2D eigenvalue weighted by molar-refractivity contribution is -0.153. The molecule has 0 heterocycles.